The summed E-state index contributed by atoms with van der Waals surface area (Å²) < 4.78 is 6.82. The summed E-state index contributed by atoms with van der Waals surface area (Å²) in [4.78, 5) is 2.40. The Morgan fingerprint density at radius 1 is 0.758 bits per heavy atom. The maximum atomic E-state index is 6.82. The zero-order chi connectivity index (χ0) is 22.9. The van der Waals surface area contributed by atoms with Gasteiger partial charge in [-0.25, -0.2) is 0 Å². The lowest BCUT2D eigenvalue weighted by Gasteiger charge is -2.42. The van der Waals surface area contributed by atoms with Crippen LogP contribution in [0.5, 0.6) is 11.5 Å². The van der Waals surface area contributed by atoms with Gasteiger partial charge in [0.1, 0.15) is 11.5 Å². The summed E-state index contributed by atoms with van der Waals surface area (Å²) in [5, 5.41) is 0. The van der Waals surface area contributed by atoms with Crippen molar-refractivity contribution in [3.8, 4) is 11.5 Å². The quantitative estimate of drug-likeness (QED) is 0.297. The maximum Gasteiger partial charge on any atom is 0.256 e. The highest BCUT2D eigenvalue weighted by Crippen LogP contribution is 2.44. The van der Waals surface area contributed by atoms with E-state index in [-0.39, 0.29) is 12.1 Å². The average Bonchev–Trinajstić information content (AvgIpc) is 2.78. The second-order valence-electron chi connectivity index (χ2n) is 10.4. The van der Waals surface area contributed by atoms with Gasteiger partial charge in [0.05, 0.1) is 0 Å². The molecule has 0 unspecified atom stereocenters. The van der Waals surface area contributed by atoms with E-state index in [0.717, 1.165) is 11.5 Å². The predicted molar refractivity (Wildman–Crippen MR) is 140 cm³/mol. The summed E-state index contributed by atoms with van der Waals surface area (Å²) in [7, 11) is 0. The molecule has 0 saturated carbocycles. The van der Waals surface area contributed by atoms with Crippen molar-refractivity contribution in [1.82, 2.24) is 0 Å². The molecular weight excluding hydrogens is 401 g/mol. The predicted octanol–water partition coefficient (Wildman–Crippen LogP) is 6.01. The monoisotopic (exact) mass is 429 g/mol. The van der Waals surface area contributed by atoms with Gasteiger partial charge in [-0.2, -0.15) is 0 Å². The lowest BCUT2D eigenvalue weighted by Crippen LogP contribution is -2.60. The van der Waals surface area contributed by atoms with Crippen LogP contribution >= 0.6 is 0 Å². The lowest BCUT2D eigenvalue weighted by atomic mass is 9.33. The fourth-order valence-electron chi connectivity index (χ4n) is 5.64. The number of ether oxygens (including phenoxy) is 1. The minimum atomic E-state index is -0.0279. The van der Waals surface area contributed by atoms with Gasteiger partial charge in [-0.1, -0.05) is 74.9 Å². The second kappa shape index (κ2) is 7.02. The van der Waals surface area contributed by atoms with E-state index in [1.165, 1.54) is 50.1 Å². The van der Waals surface area contributed by atoms with E-state index in [9.17, 15) is 0 Å². The molecule has 4 aromatic rings. The first-order valence-corrected chi connectivity index (χ1v) is 11.7. The van der Waals surface area contributed by atoms with Crippen molar-refractivity contribution in [2.24, 2.45) is 0 Å². The molecule has 0 radical (unpaired) electrons. The summed E-state index contributed by atoms with van der Waals surface area (Å²) in [6.45, 7) is 11.3. The van der Waals surface area contributed by atoms with Crippen molar-refractivity contribution < 1.29 is 4.74 Å². The van der Waals surface area contributed by atoms with Crippen molar-refractivity contribution in [2.45, 2.75) is 40.0 Å². The van der Waals surface area contributed by atoms with Crippen LogP contribution < -0.4 is 26.0 Å². The Balaban J connectivity index is 1.74. The normalized spacial score (nSPS) is 13.7. The van der Waals surface area contributed by atoms with Gasteiger partial charge in [0.15, 0.2) is 0 Å². The van der Waals surface area contributed by atoms with Crippen molar-refractivity contribution >= 4 is 40.2 Å². The van der Waals surface area contributed by atoms with Crippen LogP contribution in [0.4, 0.5) is 17.1 Å². The molecule has 0 aromatic heterocycles. The molecule has 2 aliphatic heterocycles. The Morgan fingerprint density at radius 2 is 1.48 bits per heavy atom. The Labute approximate surface area is 196 Å². The zero-order valence-electron chi connectivity index (χ0n) is 19.9. The van der Waals surface area contributed by atoms with E-state index in [2.05, 4.69) is 118 Å². The molecule has 2 aliphatic rings. The van der Waals surface area contributed by atoms with Crippen LogP contribution in [-0.2, 0) is 5.41 Å². The fourth-order valence-corrected chi connectivity index (χ4v) is 5.64. The van der Waals surface area contributed by atoms with Crippen LogP contribution in [0, 0.1) is 13.8 Å². The number of benzene rings is 4. The highest BCUT2D eigenvalue weighted by Gasteiger charge is 2.44. The second-order valence-corrected chi connectivity index (χ2v) is 10.4. The Kier molecular flexibility index (Phi) is 4.29. The van der Waals surface area contributed by atoms with Gasteiger partial charge < -0.3 is 9.64 Å². The molecule has 4 aromatic carbocycles. The molecule has 0 N–H and O–H groups in total. The number of hydrogen-bond donors (Lipinski definition) is 0. The van der Waals surface area contributed by atoms with Crippen LogP contribution in [0.25, 0.3) is 0 Å². The Morgan fingerprint density at radius 3 is 2.24 bits per heavy atom. The van der Waals surface area contributed by atoms with E-state index < -0.39 is 0 Å². The number of aryl methyl sites for hydroxylation is 2. The Bertz CT molecular complexity index is 1400. The molecule has 0 fully saturated rings. The summed E-state index contributed by atoms with van der Waals surface area (Å²) in [6.07, 6.45) is 0. The van der Waals surface area contributed by atoms with Gasteiger partial charge in [0.25, 0.3) is 6.71 Å². The number of fused-ring (bicyclic) bond motifs is 4. The molecule has 162 valence electrons. The van der Waals surface area contributed by atoms with Gasteiger partial charge in [-0.3, -0.25) is 0 Å². The van der Waals surface area contributed by atoms with E-state index in [1.54, 1.807) is 0 Å². The molecule has 0 atom stereocenters. The van der Waals surface area contributed by atoms with Crippen molar-refractivity contribution in [3.63, 3.8) is 0 Å². The third-order valence-corrected chi connectivity index (χ3v) is 7.01. The summed E-state index contributed by atoms with van der Waals surface area (Å²) in [5.74, 6) is 2.02. The summed E-state index contributed by atoms with van der Waals surface area (Å²) in [5.41, 5.74) is 11.3. The van der Waals surface area contributed by atoms with E-state index in [0.29, 0.717) is 0 Å². The van der Waals surface area contributed by atoms with Gasteiger partial charge >= 0.3 is 0 Å². The maximum absolute atomic E-state index is 6.82. The SMILES string of the molecule is Cc1cc(C)c2c(c1)Oc1c(C(C)(C)C)ccc3c1B2c1ccccc1N3c1ccccc1. The average molecular weight is 429 g/mol. The molecule has 6 rings (SSSR count). The molecule has 0 bridgehead atoms. The van der Waals surface area contributed by atoms with Crippen molar-refractivity contribution in [3.05, 3.63) is 95.6 Å². The number of hydrogen-bond acceptors (Lipinski definition) is 2. The first kappa shape index (κ1) is 20.2. The summed E-state index contributed by atoms with van der Waals surface area (Å²) >= 11 is 0. The molecular formula is C30H28BNO. The lowest BCUT2D eigenvalue weighted by molar-refractivity contribution is 0.459. The number of anilines is 3. The van der Waals surface area contributed by atoms with Crippen molar-refractivity contribution in [1.29, 1.82) is 0 Å². The van der Waals surface area contributed by atoms with Crippen LogP contribution in [0.2, 0.25) is 0 Å². The first-order chi connectivity index (χ1) is 15.8. The molecule has 0 aliphatic carbocycles. The van der Waals surface area contributed by atoms with Gasteiger partial charge in [-0.05, 0) is 77.1 Å². The number of nitrogens with zero attached hydrogens (tertiary/aromatic N) is 1. The fraction of sp³-hybridized carbons (Fsp3) is 0.200. The smallest absolute Gasteiger partial charge is 0.256 e. The van der Waals surface area contributed by atoms with Crippen LogP contribution in [0.3, 0.4) is 0 Å². The highest BCUT2D eigenvalue weighted by molar-refractivity contribution is 6.99. The molecule has 2 heterocycles. The third kappa shape index (κ3) is 2.95. The van der Waals surface area contributed by atoms with Crippen molar-refractivity contribution in [2.75, 3.05) is 4.90 Å². The van der Waals surface area contributed by atoms with Crippen LogP contribution in [0.15, 0.2) is 78.9 Å². The zero-order valence-corrected chi connectivity index (χ0v) is 19.9. The third-order valence-electron chi connectivity index (χ3n) is 7.01. The molecule has 0 amide bonds. The van der Waals surface area contributed by atoms with E-state index in [4.69, 9.17) is 4.74 Å². The first-order valence-electron chi connectivity index (χ1n) is 11.7. The van der Waals surface area contributed by atoms with Gasteiger partial charge in [0.2, 0.25) is 0 Å². The number of rotatable bonds is 1. The molecule has 0 spiro atoms. The minimum absolute atomic E-state index is 0.0279. The van der Waals surface area contributed by atoms with Gasteiger partial charge in [-0.15, -0.1) is 0 Å². The summed E-state index contributed by atoms with van der Waals surface area (Å²) in [6, 6.07) is 28.6. The number of para-hydroxylation sites is 2. The topological polar surface area (TPSA) is 12.5 Å². The largest absolute Gasteiger partial charge is 0.458 e. The van der Waals surface area contributed by atoms with Crippen LogP contribution in [-0.4, -0.2) is 6.71 Å². The minimum Gasteiger partial charge on any atom is -0.458 e. The van der Waals surface area contributed by atoms with Gasteiger partial charge in [0, 0.05) is 17.1 Å². The van der Waals surface area contributed by atoms with E-state index in [1.807, 2.05) is 0 Å². The standard InChI is InChI=1S/C30H28BNO/c1-19-17-20(2)27-26(18-19)33-29-22(30(3,4)5)15-16-25-28(29)31(27)23-13-9-10-14-24(23)32(25)21-11-7-6-8-12-21/h6-18H,1-5H3. The van der Waals surface area contributed by atoms with Crippen LogP contribution in [0.1, 0.15) is 37.5 Å². The molecule has 2 nitrogen and oxygen atoms in total. The molecule has 33 heavy (non-hydrogen) atoms. The molecule has 3 heteroatoms. The Hall–Kier alpha value is -3.46. The molecule has 0 saturated heterocycles. The highest BCUT2D eigenvalue weighted by atomic mass is 16.5. The van der Waals surface area contributed by atoms with E-state index >= 15 is 0 Å².